The van der Waals surface area contributed by atoms with Gasteiger partial charge in [-0.25, -0.2) is 9.97 Å². The third-order valence-electron chi connectivity index (χ3n) is 3.84. The number of nitriles is 1. The van der Waals surface area contributed by atoms with Gasteiger partial charge in [-0.15, -0.1) is 0 Å². The normalized spacial score (nSPS) is 22.9. The van der Waals surface area contributed by atoms with Crippen LogP contribution in [0, 0.1) is 11.3 Å². The van der Waals surface area contributed by atoms with Crippen LogP contribution in [0.15, 0.2) is 12.3 Å². The number of hydrogen-bond acceptors (Lipinski definition) is 3. The molecule has 1 aromatic rings. The van der Waals surface area contributed by atoms with Gasteiger partial charge in [0, 0.05) is 17.8 Å². The summed E-state index contributed by atoms with van der Waals surface area (Å²) in [5, 5.41) is 9.14. The van der Waals surface area contributed by atoms with Crippen LogP contribution in [0.25, 0.3) is 0 Å². The molecule has 16 heavy (non-hydrogen) atoms. The van der Waals surface area contributed by atoms with E-state index in [0.717, 1.165) is 24.4 Å². The Morgan fingerprint density at radius 3 is 2.69 bits per heavy atom. The van der Waals surface area contributed by atoms with Crippen molar-refractivity contribution in [3.8, 4) is 6.07 Å². The van der Waals surface area contributed by atoms with Crippen LogP contribution in [-0.4, -0.2) is 9.97 Å². The SMILES string of the molecule is N#CC1(c2nccc(C3CCCC3)n2)CC1. The molecule has 0 amide bonds. The first-order valence-electron chi connectivity index (χ1n) is 6.09. The van der Waals surface area contributed by atoms with Crippen molar-refractivity contribution in [1.29, 1.82) is 5.26 Å². The largest absolute Gasteiger partial charge is 0.240 e. The Hall–Kier alpha value is -1.43. The third-order valence-corrected chi connectivity index (χ3v) is 3.84. The molecule has 3 heteroatoms. The van der Waals surface area contributed by atoms with Gasteiger partial charge in [0.2, 0.25) is 0 Å². The second kappa shape index (κ2) is 3.55. The lowest BCUT2D eigenvalue weighted by Crippen LogP contribution is -2.11. The first-order chi connectivity index (χ1) is 7.84. The monoisotopic (exact) mass is 213 g/mol. The summed E-state index contributed by atoms with van der Waals surface area (Å²) in [6.07, 6.45) is 8.80. The summed E-state index contributed by atoms with van der Waals surface area (Å²) in [5.74, 6) is 1.37. The highest BCUT2D eigenvalue weighted by atomic mass is 14.9. The molecule has 0 unspecified atom stereocenters. The summed E-state index contributed by atoms with van der Waals surface area (Å²) in [5.41, 5.74) is 0.818. The van der Waals surface area contributed by atoms with E-state index in [4.69, 9.17) is 5.26 Å². The zero-order valence-electron chi connectivity index (χ0n) is 9.32. The van der Waals surface area contributed by atoms with Gasteiger partial charge in [0.25, 0.3) is 0 Å². The van der Waals surface area contributed by atoms with Gasteiger partial charge >= 0.3 is 0 Å². The van der Waals surface area contributed by atoms with Crippen LogP contribution >= 0.6 is 0 Å². The van der Waals surface area contributed by atoms with Gasteiger partial charge in [0.05, 0.1) is 6.07 Å². The molecule has 2 aliphatic carbocycles. The minimum atomic E-state index is -0.339. The molecule has 2 aliphatic rings. The number of rotatable bonds is 2. The lowest BCUT2D eigenvalue weighted by molar-refractivity contribution is 0.671. The van der Waals surface area contributed by atoms with Crippen molar-refractivity contribution >= 4 is 0 Å². The average molecular weight is 213 g/mol. The van der Waals surface area contributed by atoms with Crippen LogP contribution in [0.1, 0.15) is 56.0 Å². The van der Waals surface area contributed by atoms with Crippen LogP contribution in [0.3, 0.4) is 0 Å². The molecule has 0 atom stereocenters. The molecule has 2 fully saturated rings. The molecule has 1 heterocycles. The van der Waals surface area contributed by atoms with E-state index in [-0.39, 0.29) is 5.41 Å². The average Bonchev–Trinajstić information content (AvgIpc) is 2.95. The zero-order valence-corrected chi connectivity index (χ0v) is 9.32. The quantitative estimate of drug-likeness (QED) is 0.758. The van der Waals surface area contributed by atoms with Crippen molar-refractivity contribution < 1.29 is 0 Å². The van der Waals surface area contributed by atoms with Gasteiger partial charge in [-0.05, 0) is 31.7 Å². The van der Waals surface area contributed by atoms with Gasteiger partial charge in [-0.3, -0.25) is 0 Å². The second-order valence-corrected chi connectivity index (χ2v) is 4.98. The van der Waals surface area contributed by atoms with E-state index < -0.39 is 0 Å². The standard InChI is InChI=1S/C13H15N3/c14-9-13(6-7-13)12-15-8-5-11(16-12)10-3-1-2-4-10/h5,8,10H,1-4,6-7H2. The van der Waals surface area contributed by atoms with Crippen molar-refractivity contribution in [1.82, 2.24) is 9.97 Å². The molecule has 0 radical (unpaired) electrons. The van der Waals surface area contributed by atoms with E-state index in [0.29, 0.717) is 5.92 Å². The summed E-state index contributed by atoms with van der Waals surface area (Å²) in [6, 6.07) is 4.38. The van der Waals surface area contributed by atoms with E-state index >= 15 is 0 Å². The topological polar surface area (TPSA) is 49.6 Å². The van der Waals surface area contributed by atoms with E-state index in [2.05, 4.69) is 16.0 Å². The Morgan fingerprint density at radius 2 is 2.06 bits per heavy atom. The molecule has 2 saturated carbocycles. The lowest BCUT2D eigenvalue weighted by atomic mass is 10.0. The molecule has 3 rings (SSSR count). The van der Waals surface area contributed by atoms with E-state index in [9.17, 15) is 0 Å². The third kappa shape index (κ3) is 1.49. The highest BCUT2D eigenvalue weighted by Gasteiger charge is 2.48. The number of aromatic nitrogens is 2. The molecule has 0 aliphatic heterocycles. The van der Waals surface area contributed by atoms with Crippen molar-refractivity contribution in [2.75, 3.05) is 0 Å². The van der Waals surface area contributed by atoms with Crippen molar-refractivity contribution in [3.05, 3.63) is 23.8 Å². The van der Waals surface area contributed by atoms with Crippen LogP contribution in [-0.2, 0) is 5.41 Å². The highest BCUT2D eigenvalue weighted by Crippen LogP contribution is 2.46. The Kier molecular flexibility index (Phi) is 2.17. The first kappa shape index (κ1) is 9.77. The zero-order chi connectivity index (χ0) is 11.0. The second-order valence-electron chi connectivity index (χ2n) is 4.98. The molecular formula is C13H15N3. The van der Waals surface area contributed by atoms with Gasteiger partial charge in [-0.2, -0.15) is 5.26 Å². The number of hydrogen-bond donors (Lipinski definition) is 0. The minimum Gasteiger partial charge on any atom is -0.240 e. The smallest absolute Gasteiger partial charge is 0.148 e. The van der Waals surface area contributed by atoms with E-state index in [1.165, 1.54) is 25.7 Å². The molecule has 0 saturated heterocycles. The fourth-order valence-corrected chi connectivity index (χ4v) is 2.56. The minimum absolute atomic E-state index is 0.339. The predicted octanol–water partition coefficient (Wildman–Crippen LogP) is 2.69. The molecule has 3 nitrogen and oxygen atoms in total. The van der Waals surface area contributed by atoms with Crippen LogP contribution in [0.5, 0.6) is 0 Å². The Bertz CT molecular complexity index is 437. The summed E-state index contributed by atoms with van der Waals surface area (Å²) < 4.78 is 0. The van der Waals surface area contributed by atoms with Gasteiger partial charge in [0.1, 0.15) is 11.2 Å². The summed E-state index contributed by atoms with van der Waals surface area (Å²) in [6.45, 7) is 0. The van der Waals surface area contributed by atoms with Crippen molar-refractivity contribution in [2.24, 2.45) is 0 Å². The van der Waals surface area contributed by atoms with Crippen molar-refractivity contribution in [2.45, 2.75) is 49.9 Å². The molecule has 1 aromatic heterocycles. The van der Waals surface area contributed by atoms with Crippen LogP contribution in [0.2, 0.25) is 0 Å². The molecule has 0 spiro atoms. The Morgan fingerprint density at radius 1 is 1.31 bits per heavy atom. The highest BCUT2D eigenvalue weighted by molar-refractivity contribution is 5.30. The number of nitrogens with zero attached hydrogens (tertiary/aromatic N) is 3. The van der Waals surface area contributed by atoms with Crippen LogP contribution < -0.4 is 0 Å². The maximum atomic E-state index is 9.14. The Balaban J connectivity index is 1.91. The summed E-state index contributed by atoms with van der Waals surface area (Å²) in [7, 11) is 0. The van der Waals surface area contributed by atoms with Crippen LogP contribution in [0.4, 0.5) is 0 Å². The van der Waals surface area contributed by atoms with E-state index in [1.54, 1.807) is 0 Å². The lowest BCUT2D eigenvalue weighted by Gasteiger charge is -2.11. The first-order valence-corrected chi connectivity index (χ1v) is 6.09. The molecule has 0 aromatic carbocycles. The molecular weight excluding hydrogens is 198 g/mol. The summed E-state index contributed by atoms with van der Waals surface area (Å²) >= 11 is 0. The maximum absolute atomic E-state index is 9.14. The summed E-state index contributed by atoms with van der Waals surface area (Å²) in [4.78, 5) is 8.91. The van der Waals surface area contributed by atoms with Gasteiger partial charge in [-0.1, -0.05) is 12.8 Å². The van der Waals surface area contributed by atoms with Gasteiger partial charge in [0.15, 0.2) is 0 Å². The predicted molar refractivity (Wildman–Crippen MR) is 59.8 cm³/mol. The van der Waals surface area contributed by atoms with E-state index in [1.807, 2.05) is 12.3 Å². The van der Waals surface area contributed by atoms with Gasteiger partial charge < -0.3 is 0 Å². The molecule has 82 valence electrons. The van der Waals surface area contributed by atoms with Crippen molar-refractivity contribution in [3.63, 3.8) is 0 Å². The fraction of sp³-hybridized carbons (Fsp3) is 0.615. The fourth-order valence-electron chi connectivity index (χ4n) is 2.56. The maximum Gasteiger partial charge on any atom is 0.148 e. The molecule has 0 N–H and O–H groups in total. The Labute approximate surface area is 95.5 Å². The molecule has 0 bridgehead atoms.